The van der Waals surface area contributed by atoms with Crippen LogP contribution in [-0.2, 0) is 6.42 Å². The maximum atomic E-state index is 13.0. The molecule has 0 aliphatic heterocycles. The first-order valence-corrected chi connectivity index (χ1v) is 8.52. The van der Waals surface area contributed by atoms with Gasteiger partial charge in [-0.15, -0.1) is 11.3 Å². The van der Waals surface area contributed by atoms with Crippen LogP contribution in [0.5, 0.6) is 0 Å². The molecule has 1 atom stereocenters. The van der Waals surface area contributed by atoms with Crippen molar-refractivity contribution >= 4 is 28.8 Å². The molecule has 0 unspecified atom stereocenters. The smallest absolute Gasteiger partial charge is 0.227 e. The van der Waals surface area contributed by atoms with Gasteiger partial charge in [-0.05, 0) is 42.1 Å². The molecule has 0 amide bonds. The molecule has 2 aromatic heterocycles. The van der Waals surface area contributed by atoms with Crippen LogP contribution in [0.1, 0.15) is 33.3 Å². The van der Waals surface area contributed by atoms with Crippen molar-refractivity contribution in [2.45, 2.75) is 18.8 Å². The molecule has 120 valence electrons. The molecule has 0 saturated heterocycles. The van der Waals surface area contributed by atoms with Crippen LogP contribution in [0.3, 0.4) is 0 Å². The lowest BCUT2D eigenvalue weighted by atomic mass is 9.86. The van der Waals surface area contributed by atoms with E-state index < -0.39 is 0 Å². The van der Waals surface area contributed by atoms with Crippen LogP contribution in [0, 0.1) is 5.82 Å². The summed E-state index contributed by atoms with van der Waals surface area (Å²) >= 11 is 1.67. The van der Waals surface area contributed by atoms with Gasteiger partial charge in [-0.25, -0.2) is 14.4 Å². The molecule has 6 heteroatoms. The quantitative estimate of drug-likeness (QED) is 0.771. The number of aromatic nitrogens is 2. The normalized spacial score (nSPS) is 16.7. The Morgan fingerprint density at radius 1 is 1.17 bits per heavy atom. The number of hydrogen-bond donors (Lipinski definition) is 1. The fraction of sp³-hybridized carbons (Fsp3) is 0.167. The summed E-state index contributed by atoms with van der Waals surface area (Å²) in [6, 6.07) is 10.1. The van der Waals surface area contributed by atoms with Crippen LogP contribution in [0.2, 0.25) is 0 Å². The van der Waals surface area contributed by atoms with Crippen molar-refractivity contribution in [3.05, 3.63) is 69.9 Å². The summed E-state index contributed by atoms with van der Waals surface area (Å²) in [4.78, 5) is 22.3. The number of hydrogen-bond acceptors (Lipinski definition) is 5. The summed E-state index contributed by atoms with van der Waals surface area (Å²) in [5.41, 5.74) is 2.07. The molecule has 1 N–H and O–H groups in total. The topological polar surface area (TPSA) is 54.9 Å². The van der Waals surface area contributed by atoms with E-state index in [1.54, 1.807) is 29.7 Å². The molecular formula is C18H14FN3OS. The van der Waals surface area contributed by atoms with Crippen LogP contribution in [0.25, 0.3) is 0 Å². The SMILES string of the molecule is O=C1C[C@@H](c2cccs2)Cc2nc(Nc3ccc(F)cc3)ncc21. The molecule has 0 fully saturated rings. The van der Waals surface area contributed by atoms with E-state index in [9.17, 15) is 9.18 Å². The predicted octanol–water partition coefficient (Wildman–Crippen LogP) is 4.33. The molecule has 0 radical (unpaired) electrons. The van der Waals surface area contributed by atoms with E-state index >= 15 is 0 Å². The Morgan fingerprint density at radius 3 is 2.75 bits per heavy atom. The van der Waals surface area contributed by atoms with Gasteiger partial charge in [0, 0.05) is 29.1 Å². The maximum absolute atomic E-state index is 13.0. The van der Waals surface area contributed by atoms with Crippen LogP contribution >= 0.6 is 11.3 Å². The van der Waals surface area contributed by atoms with Gasteiger partial charge in [0.1, 0.15) is 5.82 Å². The lowest BCUT2D eigenvalue weighted by Gasteiger charge is -2.22. The zero-order chi connectivity index (χ0) is 16.5. The first-order chi connectivity index (χ1) is 11.7. The van der Waals surface area contributed by atoms with Gasteiger partial charge >= 0.3 is 0 Å². The molecule has 1 aromatic carbocycles. The molecule has 24 heavy (non-hydrogen) atoms. The minimum atomic E-state index is -0.295. The van der Waals surface area contributed by atoms with E-state index in [1.165, 1.54) is 17.0 Å². The predicted molar refractivity (Wildman–Crippen MR) is 91.4 cm³/mol. The average Bonchev–Trinajstić information content (AvgIpc) is 3.11. The maximum Gasteiger partial charge on any atom is 0.227 e. The van der Waals surface area contributed by atoms with E-state index in [-0.39, 0.29) is 17.5 Å². The van der Waals surface area contributed by atoms with Crippen molar-refractivity contribution in [1.82, 2.24) is 9.97 Å². The number of carbonyl (C=O) groups excluding carboxylic acids is 1. The first-order valence-electron chi connectivity index (χ1n) is 7.64. The number of rotatable bonds is 3. The number of fused-ring (bicyclic) bond motifs is 1. The summed E-state index contributed by atoms with van der Waals surface area (Å²) in [5.74, 6) is 0.387. The fourth-order valence-corrected chi connectivity index (χ4v) is 3.72. The highest BCUT2D eigenvalue weighted by molar-refractivity contribution is 7.10. The highest BCUT2D eigenvalue weighted by atomic mass is 32.1. The first kappa shape index (κ1) is 15.0. The number of benzene rings is 1. The molecular weight excluding hydrogens is 325 g/mol. The molecule has 0 bridgehead atoms. The van der Waals surface area contributed by atoms with Gasteiger partial charge in [-0.2, -0.15) is 0 Å². The highest BCUT2D eigenvalue weighted by Crippen LogP contribution is 2.34. The van der Waals surface area contributed by atoms with Crippen LogP contribution in [-0.4, -0.2) is 15.8 Å². The Kier molecular flexibility index (Phi) is 3.82. The fourth-order valence-electron chi connectivity index (χ4n) is 2.89. The number of Topliss-reactive ketones (excluding diaryl/α,β-unsaturated/α-hetero) is 1. The average molecular weight is 339 g/mol. The molecule has 4 nitrogen and oxygen atoms in total. The zero-order valence-electron chi connectivity index (χ0n) is 12.7. The minimum absolute atomic E-state index is 0.0861. The van der Waals surface area contributed by atoms with Gasteiger partial charge in [0.15, 0.2) is 5.78 Å². The molecule has 3 aromatic rings. The second-order valence-electron chi connectivity index (χ2n) is 5.73. The second kappa shape index (κ2) is 6.13. The Hall–Kier alpha value is -2.60. The standard InChI is InChI=1S/C18H14FN3OS/c19-12-3-5-13(6-4-12)21-18-20-10-14-15(22-18)8-11(9-16(14)23)17-2-1-7-24-17/h1-7,10-11H,8-9H2,(H,20,21,22)/t11-/m0/s1. The van der Waals surface area contributed by atoms with E-state index in [0.29, 0.717) is 23.6 Å². The lowest BCUT2D eigenvalue weighted by Crippen LogP contribution is -2.20. The molecule has 4 rings (SSSR count). The zero-order valence-corrected chi connectivity index (χ0v) is 13.5. The number of halogens is 1. The van der Waals surface area contributed by atoms with Crippen molar-refractivity contribution < 1.29 is 9.18 Å². The van der Waals surface area contributed by atoms with E-state index in [4.69, 9.17) is 0 Å². The minimum Gasteiger partial charge on any atom is -0.324 e. The summed E-state index contributed by atoms with van der Waals surface area (Å²) < 4.78 is 13.0. The van der Waals surface area contributed by atoms with Gasteiger partial charge in [-0.3, -0.25) is 4.79 Å². The number of nitrogens with zero attached hydrogens (tertiary/aromatic N) is 2. The monoisotopic (exact) mass is 339 g/mol. The molecule has 0 spiro atoms. The number of carbonyl (C=O) groups is 1. The van der Waals surface area contributed by atoms with Crippen molar-refractivity contribution in [2.75, 3.05) is 5.32 Å². The third-order valence-electron chi connectivity index (χ3n) is 4.09. The molecule has 1 aliphatic rings. The lowest BCUT2D eigenvalue weighted by molar-refractivity contribution is 0.0963. The summed E-state index contributed by atoms with van der Waals surface area (Å²) in [7, 11) is 0. The Bertz CT molecular complexity index is 878. The van der Waals surface area contributed by atoms with E-state index in [1.807, 2.05) is 11.4 Å². The van der Waals surface area contributed by atoms with Crippen LogP contribution in [0.15, 0.2) is 48.0 Å². The summed E-state index contributed by atoms with van der Waals surface area (Å²) in [6.45, 7) is 0. The molecule has 2 heterocycles. The number of nitrogens with one attached hydrogen (secondary N) is 1. The van der Waals surface area contributed by atoms with Gasteiger partial charge in [0.05, 0.1) is 11.3 Å². The number of anilines is 2. The van der Waals surface area contributed by atoms with Gasteiger partial charge in [-0.1, -0.05) is 6.07 Å². The molecule has 1 aliphatic carbocycles. The molecule has 0 saturated carbocycles. The Balaban J connectivity index is 1.61. The van der Waals surface area contributed by atoms with E-state index in [0.717, 1.165) is 12.1 Å². The summed E-state index contributed by atoms with van der Waals surface area (Å²) in [5, 5.41) is 5.07. The van der Waals surface area contributed by atoms with Crippen LogP contribution < -0.4 is 5.32 Å². The van der Waals surface area contributed by atoms with Gasteiger partial charge < -0.3 is 5.32 Å². The van der Waals surface area contributed by atoms with Crippen molar-refractivity contribution in [2.24, 2.45) is 0 Å². The van der Waals surface area contributed by atoms with Crippen LogP contribution in [0.4, 0.5) is 16.0 Å². The van der Waals surface area contributed by atoms with Crippen molar-refractivity contribution in [3.63, 3.8) is 0 Å². The van der Waals surface area contributed by atoms with Gasteiger partial charge in [0.25, 0.3) is 0 Å². The number of ketones is 1. The van der Waals surface area contributed by atoms with Crippen molar-refractivity contribution in [3.8, 4) is 0 Å². The van der Waals surface area contributed by atoms with E-state index in [2.05, 4.69) is 21.4 Å². The van der Waals surface area contributed by atoms with Gasteiger partial charge in [0.2, 0.25) is 5.95 Å². The largest absolute Gasteiger partial charge is 0.324 e. The number of thiophene rings is 1. The third kappa shape index (κ3) is 2.92. The van der Waals surface area contributed by atoms with Crippen molar-refractivity contribution in [1.29, 1.82) is 0 Å². The third-order valence-corrected chi connectivity index (χ3v) is 5.12. The Morgan fingerprint density at radius 2 is 2.00 bits per heavy atom. The Labute approximate surface area is 142 Å². The summed E-state index contributed by atoms with van der Waals surface area (Å²) in [6.07, 6.45) is 2.81. The second-order valence-corrected chi connectivity index (χ2v) is 6.71. The highest BCUT2D eigenvalue weighted by Gasteiger charge is 2.28.